The van der Waals surface area contributed by atoms with Crippen molar-refractivity contribution in [3.05, 3.63) is 30.3 Å². The van der Waals surface area contributed by atoms with E-state index in [0.29, 0.717) is 12.0 Å². The molecule has 1 amide bonds. The molecule has 0 bridgehead atoms. The Morgan fingerprint density at radius 1 is 1.17 bits per heavy atom. The summed E-state index contributed by atoms with van der Waals surface area (Å²) >= 11 is 0. The lowest BCUT2D eigenvalue weighted by molar-refractivity contribution is -0.914. The van der Waals surface area contributed by atoms with Gasteiger partial charge in [0.25, 0.3) is 5.91 Å². The molecule has 2 aliphatic rings. The van der Waals surface area contributed by atoms with E-state index in [-0.39, 0.29) is 11.9 Å². The molecule has 1 aliphatic heterocycles. The van der Waals surface area contributed by atoms with Crippen LogP contribution in [0, 0.1) is 5.92 Å². The summed E-state index contributed by atoms with van der Waals surface area (Å²) in [4.78, 5) is 16.5. The molecule has 1 saturated heterocycles. The standard InChI is InChI=1S/C20H31N3O/c1-16-8-6-7-11-19(16)21-20(24)17(2)22-12-14-23(15-13-22)18-9-4-3-5-10-18/h3-5,9-10,16-17,19H,6-8,11-15H2,1-2H3,(H,21,24)/p+1/t16-,17-,19-/m1/s1. The molecule has 1 heterocycles. The van der Waals surface area contributed by atoms with Crippen LogP contribution in [0.3, 0.4) is 0 Å². The third-order valence-electron chi connectivity index (χ3n) is 5.97. The average molecular weight is 330 g/mol. The van der Waals surface area contributed by atoms with Gasteiger partial charge in [-0.3, -0.25) is 4.79 Å². The maximum atomic E-state index is 12.7. The van der Waals surface area contributed by atoms with E-state index in [1.165, 1.54) is 29.8 Å². The second-order valence-corrected chi connectivity index (χ2v) is 7.58. The van der Waals surface area contributed by atoms with Crippen LogP contribution in [-0.4, -0.2) is 44.2 Å². The van der Waals surface area contributed by atoms with E-state index in [1.807, 2.05) is 0 Å². The summed E-state index contributed by atoms with van der Waals surface area (Å²) in [6.07, 6.45) is 4.97. The lowest BCUT2D eigenvalue weighted by atomic mass is 9.86. The van der Waals surface area contributed by atoms with Crippen molar-refractivity contribution in [2.45, 2.75) is 51.6 Å². The highest BCUT2D eigenvalue weighted by Crippen LogP contribution is 2.23. The van der Waals surface area contributed by atoms with Crippen molar-refractivity contribution in [1.29, 1.82) is 0 Å². The van der Waals surface area contributed by atoms with E-state index < -0.39 is 0 Å². The van der Waals surface area contributed by atoms with Crippen LogP contribution >= 0.6 is 0 Å². The van der Waals surface area contributed by atoms with E-state index in [1.54, 1.807) is 0 Å². The molecule has 3 atom stereocenters. The second kappa shape index (κ2) is 8.02. The number of benzene rings is 1. The van der Waals surface area contributed by atoms with Crippen molar-refractivity contribution in [2.75, 3.05) is 31.1 Å². The zero-order valence-electron chi connectivity index (χ0n) is 15.1. The number of amides is 1. The summed E-state index contributed by atoms with van der Waals surface area (Å²) in [6, 6.07) is 11.0. The van der Waals surface area contributed by atoms with Crippen molar-refractivity contribution in [2.24, 2.45) is 5.92 Å². The number of hydrogen-bond donors (Lipinski definition) is 2. The van der Waals surface area contributed by atoms with Gasteiger partial charge in [-0.05, 0) is 37.8 Å². The van der Waals surface area contributed by atoms with Crippen molar-refractivity contribution >= 4 is 11.6 Å². The minimum absolute atomic E-state index is 0.0528. The minimum Gasteiger partial charge on any atom is -0.360 e. The molecule has 0 unspecified atom stereocenters. The molecule has 2 N–H and O–H groups in total. The average Bonchev–Trinajstić information content (AvgIpc) is 2.64. The van der Waals surface area contributed by atoms with E-state index in [4.69, 9.17) is 0 Å². The molecule has 1 aliphatic carbocycles. The molecule has 0 aromatic heterocycles. The molecule has 4 nitrogen and oxygen atoms in total. The lowest BCUT2D eigenvalue weighted by Crippen LogP contribution is -3.19. The van der Waals surface area contributed by atoms with Gasteiger partial charge in [0.1, 0.15) is 0 Å². The van der Waals surface area contributed by atoms with Gasteiger partial charge < -0.3 is 15.1 Å². The van der Waals surface area contributed by atoms with Crippen molar-refractivity contribution in [3.63, 3.8) is 0 Å². The fraction of sp³-hybridized carbons (Fsp3) is 0.650. The maximum Gasteiger partial charge on any atom is 0.278 e. The Morgan fingerprint density at radius 3 is 2.50 bits per heavy atom. The van der Waals surface area contributed by atoms with Crippen LogP contribution < -0.4 is 15.1 Å². The summed E-state index contributed by atoms with van der Waals surface area (Å²) in [7, 11) is 0. The van der Waals surface area contributed by atoms with Gasteiger partial charge in [-0.2, -0.15) is 0 Å². The molecule has 3 rings (SSSR count). The molecule has 1 saturated carbocycles. The van der Waals surface area contributed by atoms with E-state index in [2.05, 4.69) is 54.4 Å². The highest BCUT2D eigenvalue weighted by molar-refractivity contribution is 5.80. The Balaban J connectivity index is 1.49. The topological polar surface area (TPSA) is 36.8 Å². The molecule has 0 spiro atoms. The molecule has 2 fully saturated rings. The number of piperazine rings is 1. The first kappa shape index (κ1) is 17.3. The van der Waals surface area contributed by atoms with Gasteiger partial charge in [0.15, 0.2) is 6.04 Å². The number of rotatable bonds is 4. The Kier molecular flexibility index (Phi) is 5.77. The fourth-order valence-electron chi connectivity index (χ4n) is 4.15. The molecule has 0 radical (unpaired) electrons. The first-order chi connectivity index (χ1) is 11.6. The smallest absolute Gasteiger partial charge is 0.278 e. The summed E-state index contributed by atoms with van der Waals surface area (Å²) in [6.45, 7) is 8.48. The first-order valence-corrected chi connectivity index (χ1v) is 9.60. The molecule has 4 heteroatoms. The first-order valence-electron chi connectivity index (χ1n) is 9.60. The van der Waals surface area contributed by atoms with Crippen molar-refractivity contribution < 1.29 is 9.69 Å². The van der Waals surface area contributed by atoms with Gasteiger partial charge in [0, 0.05) is 11.7 Å². The van der Waals surface area contributed by atoms with Gasteiger partial charge in [-0.25, -0.2) is 0 Å². The summed E-state index contributed by atoms with van der Waals surface area (Å²) < 4.78 is 0. The molecular formula is C20H32N3O+. The van der Waals surface area contributed by atoms with Crippen LogP contribution in [0.15, 0.2) is 30.3 Å². The highest BCUT2D eigenvalue weighted by Gasteiger charge is 2.31. The van der Waals surface area contributed by atoms with E-state index in [0.717, 1.165) is 32.6 Å². The SMILES string of the molecule is C[C@@H]1CCCC[C@H]1NC(=O)[C@@H](C)[NH+]1CCN(c2ccccc2)CC1. The maximum absolute atomic E-state index is 12.7. The summed E-state index contributed by atoms with van der Waals surface area (Å²) in [5.74, 6) is 0.872. The van der Waals surface area contributed by atoms with Crippen LogP contribution in [0.1, 0.15) is 39.5 Å². The normalized spacial score (nSPS) is 26.8. The number of nitrogens with one attached hydrogen (secondary N) is 2. The number of anilines is 1. The fourth-order valence-corrected chi connectivity index (χ4v) is 4.15. The zero-order valence-corrected chi connectivity index (χ0v) is 15.1. The molecule has 132 valence electrons. The molecule has 24 heavy (non-hydrogen) atoms. The molecule has 1 aromatic carbocycles. The van der Waals surface area contributed by atoms with Gasteiger partial charge >= 0.3 is 0 Å². The van der Waals surface area contributed by atoms with Gasteiger partial charge in [0.05, 0.1) is 26.2 Å². The zero-order chi connectivity index (χ0) is 16.9. The lowest BCUT2D eigenvalue weighted by Gasteiger charge is -2.37. The van der Waals surface area contributed by atoms with E-state index >= 15 is 0 Å². The van der Waals surface area contributed by atoms with Gasteiger partial charge in [0.2, 0.25) is 0 Å². The third kappa shape index (κ3) is 4.10. The van der Waals surface area contributed by atoms with Crippen LogP contribution in [0.5, 0.6) is 0 Å². The van der Waals surface area contributed by atoms with Crippen LogP contribution in [0.2, 0.25) is 0 Å². The quantitative estimate of drug-likeness (QED) is 0.877. The summed E-state index contributed by atoms with van der Waals surface area (Å²) in [5.41, 5.74) is 1.30. The predicted octanol–water partition coefficient (Wildman–Crippen LogP) is 1.47. The van der Waals surface area contributed by atoms with Crippen LogP contribution in [0.25, 0.3) is 0 Å². The molecule has 1 aromatic rings. The number of hydrogen-bond acceptors (Lipinski definition) is 2. The Morgan fingerprint density at radius 2 is 1.83 bits per heavy atom. The van der Waals surface area contributed by atoms with Crippen LogP contribution in [0.4, 0.5) is 5.69 Å². The number of carbonyl (C=O) groups excluding carboxylic acids is 1. The Labute approximate surface area is 146 Å². The monoisotopic (exact) mass is 330 g/mol. The highest BCUT2D eigenvalue weighted by atomic mass is 16.2. The number of nitrogens with zero attached hydrogens (tertiary/aromatic N) is 1. The number of para-hydroxylation sites is 1. The number of carbonyl (C=O) groups is 1. The van der Waals surface area contributed by atoms with Crippen molar-refractivity contribution in [3.8, 4) is 0 Å². The Bertz CT molecular complexity index is 525. The third-order valence-corrected chi connectivity index (χ3v) is 5.97. The summed E-state index contributed by atoms with van der Waals surface area (Å²) in [5, 5.41) is 3.34. The number of quaternary nitrogens is 1. The second-order valence-electron chi connectivity index (χ2n) is 7.58. The minimum atomic E-state index is 0.0528. The van der Waals surface area contributed by atoms with Crippen molar-refractivity contribution in [1.82, 2.24) is 5.32 Å². The predicted molar refractivity (Wildman–Crippen MR) is 98.4 cm³/mol. The van der Waals surface area contributed by atoms with Crippen LogP contribution in [-0.2, 0) is 4.79 Å². The molecular weight excluding hydrogens is 298 g/mol. The largest absolute Gasteiger partial charge is 0.360 e. The van der Waals surface area contributed by atoms with Gasteiger partial charge in [-0.15, -0.1) is 0 Å². The Hall–Kier alpha value is -1.55. The van der Waals surface area contributed by atoms with E-state index in [9.17, 15) is 4.79 Å². The van der Waals surface area contributed by atoms with Gasteiger partial charge in [-0.1, -0.05) is 38.0 Å².